The van der Waals surface area contributed by atoms with Crippen LogP contribution in [-0.4, -0.2) is 34.1 Å². The third kappa shape index (κ3) is 2.58. The van der Waals surface area contributed by atoms with Crippen molar-refractivity contribution in [2.75, 3.05) is 19.6 Å². The van der Waals surface area contributed by atoms with Crippen LogP contribution < -0.4 is 11.2 Å². The lowest BCUT2D eigenvalue weighted by atomic mass is 10.4. The van der Waals surface area contributed by atoms with Crippen LogP contribution in [0.15, 0.2) is 9.59 Å². The summed E-state index contributed by atoms with van der Waals surface area (Å²) in [7, 11) is 0. The Bertz CT molecular complexity index is 519. The van der Waals surface area contributed by atoms with Crippen LogP contribution in [0.5, 0.6) is 0 Å². The normalized spacial score (nSPS) is 16.6. The summed E-state index contributed by atoms with van der Waals surface area (Å²) in [5, 5.41) is -0.530. The largest absolute Gasteiger partial charge is 0.329 e. The zero-order valence-electron chi connectivity index (χ0n) is 9.21. The number of hydrogen-bond acceptors (Lipinski definition) is 3. The Hall–Kier alpha value is -1.14. The van der Waals surface area contributed by atoms with Crippen LogP contribution in [0, 0.1) is 5.82 Å². The van der Waals surface area contributed by atoms with Crippen LogP contribution in [0.3, 0.4) is 0 Å². The first kappa shape index (κ1) is 12.3. The maximum atomic E-state index is 13.2. The Kier molecular flexibility index (Phi) is 3.63. The Morgan fingerprint density at radius 2 is 1.88 bits per heavy atom. The first-order valence-electron chi connectivity index (χ1n) is 5.50. The number of likely N-dealkylation sites (tertiary alicyclic amines) is 1. The fraction of sp³-hybridized carbons (Fsp3) is 0.600. The van der Waals surface area contributed by atoms with Gasteiger partial charge in [0.2, 0.25) is 5.82 Å². The number of nitrogens with zero attached hydrogens (tertiary/aromatic N) is 2. The minimum Gasteiger partial charge on any atom is -0.302 e. The number of halogens is 2. The third-order valence-corrected chi connectivity index (χ3v) is 3.19. The molecule has 0 bridgehead atoms. The van der Waals surface area contributed by atoms with Gasteiger partial charge in [0.05, 0.1) is 0 Å². The number of aromatic amines is 1. The van der Waals surface area contributed by atoms with E-state index in [1.807, 2.05) is 0 Å². The highest BCUT2D eigenvalue weighted by Gasteiger charge is 2.15. The van der Waals surface area contributed by atoms with E-state index in [1.165, 1.54) is 0 Å². The summed E-state index contributed by atoms with van der Waals surface area (Å²) in [6.45, 7) is 2.68. The minimum absolute atomic E-state index is 0.183. The Morgan fingerprint density at radius 1 is 1.24 bits per heavy atom. The van der Waals surface area contributed by atoms with Crippen LogP contribution in [0.2, 0.25) is 5.15 Å². The molecule has 0 aliphatic carbocycles. The third-order valence-electron chi connectivity index (χ3n) is 2.93. The van der Waals surface area contributed by atoms with Crippen molar-refractivity contribution in [2.24, 2.45) is 0 Å². The molecule has 94 valence electrons. The molecule has 0 amide bonds. The summed E-state index contributed by atoms with van der Waals surface area (Å²) in [6.07, 6.45) is 2.25. The van der Waals surface area contributed by atoms with Gasteiger partial charge in [-0.1, -0.05) is 11.6 Å². The standard InChI is InChI=1S/C10H13ClFN3O2/c11-8-7(12)9(16)15(10(17)13-8)6-5-14-3-1-2-4-14/h1-6H2,(H,13,17). The van der Waals surface area contributed by atoms with E-state index in [2.05, 4.69) is 9.88 Å². The van der Waals surface area contributed by atoms with Crippen molar-refractivity contribution in [3.05, 3.63) is 31.8 Å². The van der Waals surface area contributed by atoms with Crippen molar-refractivity contribution in [3.8, 4) is 0 Å². The van der Waals surface area contributed by atoms with Crippen molar-refractivity contribution in [1.29, 1.82) is 0 Å². The first-order valence-corrected chi connectivity index (χ1v) is 5.88. The molecule has 5 nitrogen and oxygen atoms in total. The van der Waals surface area contributed by atoms with Crippen LogP contribution in [0.4, 0.5) is 4.39 Å². The monoisotopic (exact) mass is 261 g/mol. The molecule has 1 saturated heterocycles. The molecule has 0 spiro atoms. The molecule has 1 aromatic heterocycles. The van der Waals surface area contributed by atoms with Gasteiger partial charge in [0, 0.05) is 13.1 Å². The highest BCUT2D eigenvalue weighted by atomic mass is 35.5. The van der Waals surface area contributed by atoms with Gasteiger partial charge in [0.15, 0.2) is 5.15 Å². The molecule has 1 fully saturated rings. The van der Waals surface area contributed by atoms with E-state index in [-0.39, 0.29) is 6.54 Å². The van der Waals surface area contributed by atoms with Crippen LogP contribution in [0.1, 0.15) is 12.8 Å². The van der Waals surface area contributed by atoms with E-state index in [9.17, 15) is 14.0 Å². The summed E-state index contributed by atoms with van der Waals surface area (Å²) in [4.78, 5) is 27.2. The second-order valence-electron chi connectivity index (χ2n) is 4.06. The number of rotatable bonds is 3. The summed E-state index contributed by atoms with van der Waals surface area (Å²) < 4.78 is 14.1. The molecule has 0 aromatic carbocycles. The lowest BCUT2D eigenvalue weighted by Gasteiger charge is -2.14. The van der Waals surface area contributed by atoms with E-state index in [0.29, 0.717) is 6.54 Å². The molecule has 2 rings (SSSR count). The number of nitrogens with one attached hydrogen (secondary N) is 1. The highest BCUT2D eigenvalue weighted by molar-refractivity contribution is 6.29. The lowest BCUT2D eigenvalue weighted by Crippen LogP contribution is -2.40. The predicted molar refractivity (Wildman–Crippen MR) is 62.0 cm³/mol. The predicted octanol–water partition coefficient (Wildman–Crippen LogP) is 0.425. The summed E-state index contributed by atoms with van der Waals surface area (Å²) in [6, 6.07) is 0. The topological polar surface area (TPSA) is 58.1 Å². The van der Waals surface area contributed by atoms with Crippen molar-refractivity contribution in [3.63, 3.8) is 0 Å². The van der Waals surface area contributed by atoms with Crippen LogP contribution in [-0.2, 0) is 6.54 Å². The van der Waals surface area contributed by atoms with E-state index in [1.54, 1.807) is 0 Å². The van der Waals surface area contributed by atoms with Crippen molar-refractivity contribution < 1.29 is 4.39 Å². The van der Waals surface area contributed by atoms with Gasteiger partial charge >= 0.3 is 5.69 Å². The van der Waals surface area contributed by atoms with Crippen molar-refractivity contribution >= 4 is 11.6 Å². The maximum Gasteiger partial charge on any atom is 0.329 e. The maximum absolute atomic E-state index is 13.2. The smallest absolute Gasteiger partial charge is 0.302 e. The van der Waals surface area contributed by atoms with E-state index in [0.717, 1.165) is 30.5 Å². The molecule has 0 saturated carbocycles. The zero-order chi connectivity index (χ0) is 12.4. The van der Waals surface area contributed by atoms with Crippen molar-refractivity contribution in [2.45, 2.75) is 19.4 Å². The van der Waals surface area contributed by atoms with Gasteiger partial charge in [0.1, 0.15) is 0 Å². The average molecular weight is 262 g/mol. The summed E-state index contributed by atoms with van der Waals surface area (Å²) in [5.74, 6) is -1.10. The molecule has 0 radical (unpaired) electrons. The van der Waals surface area contributed by atoms with Gasteiger partial charge < -0.3 is 4.90 Å². The fourth-order valence-electron chi connectivity index (χ4n) is 1.97. The second kappa shape index (κ2) is 5.01. The molecule has 2 heterocycles. The Morgan fingerprint density at radius 3 is 2.53 bits per heavy atom. The second-order valence-corrected chi connectivity index (χ2v) is 4.44. The van der Waals surface area contributed by atoms with Gasteiger partial charge in [-0.05, 0) is 25.9 Å². The fourth-order valence-corrected chi connectivity index (χ4v) is 2.13. The molecular weight excluding hydrogens is 249 g/mol. The molecule has 1 aromatic rings. The van der Waals surface area contributed by atoms with Gasteiger partial charge in [-0.15, -0.1) is 0 Å². The van der Waals surface area contributed by atoms with Gasteiger partial charge in [-0.3, -0.25) is 14.3 Å². The molecular formula is C10H13ClFN3O2. The van der Waals surface area contributed by atoms with Crippen LogP contribution >= 0.6 is 11.6 Å². The summed E-state index contributed by atoms with van der Waals surface area (Å²) in [5.41, 5.74) is -1.63. The Balaban J connectivity index is 2.18. The number of hydrogen-bond donors (Lipinski definition) is 1. The zero-order valence-corrected chi connectivity index (χ0v) is 9.97. The molecule has 1 aliphatic heterocycles. The number of H-pyrrole nitrogens is 1. The molecule has 7 heteroatoms. The molecule has 1 aliphatic rings. The Labute approximate surface area is 102 Å². The molecule has 1 N–H and O–H groups in total. The lowest BCUT2D eigenvalue weighted by molar-refractivity contribution is 0.316. The average Bonchev–Trinajstić information content (AvgIpc) is 2.79. The molecule has 0 unspecified atom stereocenters. The van der Waals surface area contributed by atoms with E-state index < -0.39 is 22.2 Å². The SMILES string of the molecule is O=c1[nH]c(Cl)c(F)c(=O)n1CCN1CCCC1. The quantitative estimate of drug-likeness (QED) is 0.803. The minimum atomic E-state index is -1.10. The molecule has 17 heavy (non-hydrogen) atoms. The van der Waals surface area contributed by atoms with Crippen LogP contribution in [0.25, 0.3) is 0 Å². The molecule has 0 atom stereocenters. The van der Waals surface area contributed by atoms with E-state index in [4.69, 9.17) is 11.6 Å². The summed E-state index contributed by atoms with van der Waals surface area (Å²) >= 11 is 5.36. The number of aromatic nitrogens is 2. The first-order chi connectivity index (χ1) is 8.09. The van der Waals surface area contributed by atoms with Crippen molar-refractivity contribution in [1.82, 2.24) is 14.5 Å². The van der Waals surface area contributed by atoms with Gasteiger partial charge in [-0.2, -0.15) is 4.39 Å². The van der Waals surface area contributed by atoms with Gasteiger partial charge in [0.25, 0.3) is 5.56 Å². The van der Waals surface area contributed by atoms with Gasteiger partial charge in [-0.25, -0.2) is 4.79 Å². The highest BCUT2D eigenvalue weighted by Crippen LogP contribution is 2.06. The van der Waals surface area contributed by atoms with E-state index >= 15 is 0 Å².